The van der Waals surface area contributed by atoms with Crippen LogP contribution < -0.4 is 5.48 Å². The number of carbonyl (C=O) groups is 1. The van der Waals surface area contributed by atoms with Crippen molar-refractivity contribution in [3.8, 4) is 0 Å². The lowest BCUT2D eigenvalue weighted by Crippen LogP contribution is -2.22. The summed E-state index contributed by atoms with van der Waals surface area (Å²) >= 11 is 0. The van der Waals surface area contributed by atoms with Gasteiger partial charge in [-0.1, -0.05) is 0 Å². The first-order valence-corrected chi connectivity index (χ1v) is 1.84. The molecule has 40 valence electrons. The Morgan fingerprint density at radius 2 is 2.43 bits per heavy atom. The second-order valence-corrected chi connectivity index (χ2v) is 1.54. The van der Waals surface area contributed by atoms with Crippen LogP contribution in [-0.2, 0) is 9.63 Å². The molecule has 1 rings (SSSR count). The average Bonchev–Trinajstić information content (AvgIpc) is 2.21. The van der Waals surface area contributed by atoms with Crippen molar-refractivity contribution < 1.29 is 14.7 Å². The summed E-state index contributed by atoms with van der Waals surface area (Å²) in [6, 6.07) is 0. The zero-order chi connectivity index (χ0) is 5.49. The minimum atomic E-state index is -1.08. The summed E-state index contributed by atoms with van der Waals surface area (Å²) in [5.41, 5.74) is 1.13. The van der Waals surface area contributed by atoms with E-state index in [1.54, 1.807) is 0 Å². The van der Waals surface area contributed by atoms with Gasteiger partial charge in [0.05, 0.1) is 0 Å². The van der Waals surface area contributed by atoms with Gasteiger partial charge in [-0.3, -0.25) is 4.84 Å². The van der Waals surface area contributed by atoms with Crippen LogP contribution in [-0.4, -0.2) is 16.8 Å². The van der Waals surface area contributed by atoms with Crippen LogP contribution in [0.5, 0.6) is 0 Å². The Bertz CT molecular complexity index is 107. The standard InChI is InChI=1S/C3H5NO3/c1-3(2(5)6)4-7-3/h4H,1H3,(H,5,6). The van der Waals surface area contributed by atoms with E-state index in [1.165, 1.54) is 6.92 Å². The number of nitrogens with one attached hydrogen (secondary N) is 1. The molecule has 0 amide bonds. The molecule has 0 aromatic heterocycles. The van der Waals surface area contributed by atoms with Gasteiger partial charge in [0.25, 0.3) is 5.72 Å². The van der Waals surface area contributed by atoms with E-state index in [9.17, 15) is 4.79 Å². The highest BCUT2D eigenvalue weighted by Crippen LogP contribution is 2.16. The van der Waals surface area contributed by atoms with Crippen molar-refractivity contribution in [3.05, 3.63) is 0 Å². The molecule has 0 radical (unpaired) electrons. The van der Waals surface area contributed by atoms with Crippen molar-refractivity contribution in [1.29, 1.82) is 0 Å². The minimum Gasteiger partial charge on any atom is -0.478 e. The molecule has 1 saturated heterocycles. The lowest BCUT2D eigenvalue weighted by atomic mass is 10.3. The second-order valence-electron chi connectivity index (χ2n) is 1.54. The van der Waals surface area contributed by atoms with Crippen molar-refractivity contribution in [2.75, 3.05) is 0 Å². The Hall–Kier alpha value is -0.610. The van der Waals surface area contributed by atoms with E-state index in [4.69, 9.17) is 5.11 Å². The summed E-state index contributed by atoms with van der Waals surface area (Å²) in [7, 11) is 0. The van der Waals surface area contributed by atoms with Crippen LogP contribution in [0.1, 0.15) is 6.92 Å². The molecular formula is C3H5NO3. The first kappa shape index (κ1) is 4.55. The molecule has 0 saturated carbocycles. The molecule has 1 heterocycles. The van der Waals surface area contributed by atoms with E-state index in [1.807, 2.05) is 0 Å². The van der Waals surface area contributed by atoms with Crippen LogP contribution >= 0.6 is 0 Å². The Morgan fingerprint density at radius 3 is 2.43 bits per heavy atom. The van der Waals surface area contributed by atoms with E-state index in [0.717, 1.165) is 0 Å². The van der Waals surface area contributed by atoms with Gasteiger partial charge in [0.1, 0.15) is 0 Å². The Kier molecular flexibility index (Phi) is 0.625. The normalized spacial score (nSPS) is 37.9. The smallest absolute Gasteiger partial charge is 0.355 e. The maximum Gasteiger partial charge on any atom is 0.355 e. The Labute approximate surface area is 40.0 Å². The van der Waals surface area contributed by atoms with Crippen molar-refractivity contribution in [3.63, 3.8) is 0 Å². The Balaban J connectivity index is 2.55. The predicted octanol–water partition coefficient (Wildman–Crippen LogP) is -0.678. The highest BCUT2D eigenvalue weighted by Gasteiger charge is 2.48. The molecule has 1 aliphatic rings. The third-order valence-electron chi connectivity index (χ3n) is 0.816. The molecule has 4 heteroatoms. The SMILES string of the molecule is CC1(C(=O)O)NO1. The number of carboxylic acid groups (broad SMARTS) is 1. The zero-order valence-electron chi connectivity index (χ0n) is 3.76. The van der Waals surface area contributed by atoms with Gasteiger partial charge in [0.2, 0.25) is 0 Å². The van der Waals surface area contributed by atoms with Crippen LogP contribution in [0.15, 0.2) is 0 Å². The monoisotopic (exact) mass is 103 g/mol. The molecule has 0 aliphatic carbocycles. The summed E-state index contributed by atoms with van der Waals surface area (Å²) in [5, 5.41) is 8.12. The van der Waals surface area contributed by atoms with Crippen LogP contribution in [0.4, 0.5) is 0 Å². The molecule has 1 fully saturated rings. The number of hydroxylamine groups is 1. The van der Waals surface area contributed by atoms with E-state index < -0.39 is 11.7 Å². The van der Waals surface area contributed by atoms with E-state index in [2.05, 4.69) is 10.3 Å². The number of rotatable bonds is 1. The topological polar surface area (TPSA) is 71.8 Å². The molecule has 4 nitrogen and oxygen atoms in total. The minimum absolute atomic E-state index is 0.979. The molecule has 1 unspecified atom stereocenters. The molecule has 1 aliphatic heterocycles. The van der Waals surface area contributed by atoms with Crippen LogP contribution in [0.2, 0.25) is 0 Å². The summed E-state index contributed by atoms with van der Waals surface area (Å²) in [4.78, 5) is 14.2. The number of aliphatic carboxylic acids is 1. The summed E-state index contributed by atoms with van der Waals surface area (Å²) < 4.78 is 0. The molecule has 0 aromatic rings. The van der Waals surface area contributed by atoms with Gasteiger partial charge >= 0.3 is 5.97 Å². The van der Waals surface area contributed by atoms with Gasteiger partial charge in [-0.25, -0.2) is 4.79 Å². The quantitative estimate of drug-likeness (QED) is 0.431. The maximum absolute atomic E-state index is 9.90. The number of hydrogen-bond acceptors (Lipinski definition) is 3. The molecular weight excluding hydrogens is 98.0 g/mol. The van der Waals surface area contributed by atoms with Gasteiger partial charge in [-0.2, -0.15) is 5.48 Å². The predicted molar refractivity (Wildman–Crippen MR) is 20.3 cm³/mol. The van der Waals surface area contributed by atoms with Gasteiger partial charge in [-0.05, 0) is 6.92 Å². The highest BCUT2D eigenvalue weighted by atomic mass is 16.8. The molecule has 2 N–H and O–H groups in total. The first-order valence-electron chi connectivity index (χ1n) is 1.84. The highest BCUT2D eigenvalue weighted by molar-refractivity contribution is 5.78. The van der Waals surface area contributed by atoms with Gasteiger partial charge in [-0.15, -0.1) is 0 Å². The third-order valence-corrected chi connectivity index (χ3v) is 0.816. The molecule has 7 heavy (non-hydrogen) atoms. The van der Waals surface area contributed by atoms with Crippen molar-refractivity contribution >= 4 is 5.97 Å². The molecule has 0 spiro atoms. The lowest BCUT2D eigenvalue weighted by Gasteiger charge is -1.87. The van der Waals surface area contributed by atoms with Gasteiger partial charge < -0.3 is 5.11 Å². The van der Waals surface area contributed by atoms with E-state index in [-0.39, 0.29) is 0 Å². The van der Waals surface area contributed by atoms with Crippen LogP contribution in [0.25, 0.3) is 0 Å². The molecule has 1 atom stereocenters. The zero-order valence-corrected chi connectivity index (χ0v) is 3.76. The second kappa shape index (κ2) is 0.962. The molecule has 0 aromatic carbocycles. The average molecular weight is 103 g/mol. The summed E-state index contributed by atoms with van der Waals surface area (Å²) in [6.45, 7) is 1.44. The van der Waals surface area contributed by atoms with Crippen LogP contribution in [0, 0.1) is 0 Å². The van der Waals surface area contributed by atoms with Gasteiger partial charge in [0.15, 0.2) is 0 Å². The van der Waals surface area contributed by atoms with Crippen LogP contribution in [0.3, 0.4) is 0 Å². The van der Waals surface area contributed by atoms with E-state index in [0.29, 0.717) is 0 Å². The third kappa shape index (κ3) is 0.574. The fraction of sp³-hybridized carbons (Fsp3) is 0.667. The molecule has 0 bridgehead atoms. The summed E-state index contributed by atoms with van der Waals surface area (Å²) in [6.07, 6.45) is 0. The van der Waals surface area contributed by atoms with Gasteiger partial charge in [0, 0.05) is 0 Å². The largest absolute Gasteiger partial charge is 0.478 e. The first-order chi connectivity index (χ1) is 3.15. The Morgan fingerprint density at radius 1 is 2.00 bits per heavy atom. The van der Waals surface area contributed by atoms with Crippen molar-refractivity contribution in [2.24, 2.45) is 0 Å². The van der Waals surface area contributed by atoms with Crippen molar-refractivity contribution in [2.45, 2.75) is 12.6 Å². The summed E-state index contributed by atoms with van der Waals surface area (Å²) in [5.74, 6) is -0.979. The van der Waals surface area contributed by atoms with E-state index >= 15 is 0 Å². The fourth-order valence-corrected chi connectivity index (χ4v) is 0.164. The van der Waals surface area contributed by atoms with Crippen molar-refractivity contribution in [1.82, 2.24) is 5.48 Å². The maximum atomic E-state index is 9.90. The number of carboxylic acids is 1. The number of hydrogen-bond donors (Lipinski definition) is 2. The lowest BCUT2D eigenvalue weighted by molar-refractivity contribution is -0.142. The fourth-order valence-electron chi connectivity index (χ4n) is 0.164.